The zero-order valence-electron chi connectivity index (χ0n) is 16.8. The first-order chi connectivity index (χ1) is 14.0. The molecule has 0 bridgehead atoms. The van der Waals surface area contributed by atoms with E-state index in [9.17, 15) is 19.1 Å². The van der Waals surface area contributed by atoms with Crippen LogP contribution in [-0.2, 0) is 9.59 Å². The molecule has 0 aliphatic carbocycles. The highest BCUT2D eigenvalue weighted by molar-refractivity contribution is 5.79. The number of rotatable bonds is 7. The zero-order chi connectivity index (χ0) is 21.0. The van der Waals surface area contributed by atoms with Crippen molar-refractivity contribution in [3.05, 3.63) is 59.9 Å². The molecule has 0 aromatic heterocycles. The maximum Gasteiger partial charge on any atom is 0.222 e. The Bertz CT molecular complexity index is 869. The lowest BCUT2D eigenvalue weighted by molar-refractivity contribution is -0.150. The summed E-state index contributed by atoms with van der Waals surface area (Å²) in [7, 11) is 0. The summed E-state index contributed by atoms with van der Waals surface area (Å²) in [5, 5.41) is 12.8. The molecule has 1 aliphatic heterocycles. The van der Waals surface area contributed by atoms with E-state index in [-0.39, 0.29) is 42.2 Å². The molecule has 0 unspecified atom stereocenters. The van der Waals surface area contributed by atoms with Crippen LogP contribution in [0.15, 0.2) is 48.5 Å². The van der Waals surface area contributed by atoms with Crippen molar-refractivity contribution in [2.45, 2.75) is 44.7 Å². The molecule has 2 aromatic rings. The topological polar surface area (TPSA) is 69.6 Å². The summed E-state index contributed by atoms with van der Waals surface area (Å²) in [6.45, 7) is 3.79. The Morgan fingerprint density at radius 1 is 1.03 bits per heavy atom. The van der Waals surface area contributed by atoms with Crippen LogP contribution in [0.3, 0.4) is 0 Å². The second-order valence-corrected chi connectivity index (χ2v) is 7.29. The normalized spacial score (nSPS) is 20.8. The van der Waals surface area contributed by atoms with Crippen LogP contribution < -0.4 is 5.32 Å². The molecule has 2 amide bonds. The van der Waals surface area contributed by atoms with Gasteiger partial charge in [0.1, 0.15) is 5.82 Å². The molecule has 5 nitrogen and oxygen atoms in total. The number of carbonyl (C=O) groups excluding carboxylic acids is 2. The molecule has 1 fully saturated rings. The number of likely N-dealkylation sites (tertiary alicyclic amines) is 1. The van der Waals surface area contributed by atoms with E-state index in [0.717, 1.165) is 16.7 Å². The van der Waals surface area contributed by atoms with E-state index in [0.29, 0.717) is 19.4 Å². The van der Waals surface area contributed by atoms with Crippen LogP contribution in [0, 0.1) is 5.82 Å². The summed E-state index contributed by atoms with van der Waals surface area (Å²) in [5.74, 6) is -0.463. The van der Waals surface area contributed by atoms with Crippen LogP contribution in [0.25, 0.3) is 11.1 Å². The number of nitrogens with one attached hydrogen (secondary N) is 1. The van der Waals surface area contributed by atoms with Crippen LogP contribution in [0.2, 0.25) is 0 Å². The van der Waals surface area contributed by atoms with Crippen LogP contribution in [-0.4, -0.2) is 47.1 Å². The fourth-order valence-corrected chi connectivity index (χ4v) is 4.08. The third-order valence-electron chi connectivity index (χ3n) is 5.60. The van der Waals surface area contributed by atoms with Crippen molar-refractivity contribution in [1.29, 1.82) is 0 Å². The van der Waals surface area contributed by atoms with Crippen molar-refractivity contribution in [2.24, 2.45) is 0 Å². The Labute approximate surface area is 170 Å². The molecule has 0 spiro atoms. The molecular weight excluding hydrogens is 371 g/mol. The Morgan fingerprint density at radius 3 is 2.34 bits per heavy atom. The lowest BCUT2D eigenvalue weighted by Gasteiger charge is -2.55. The number of amides is 2. The number of benzene rings is 2. The first kappa shape index (κ1) is 21.0. The van der Waals surface area contributed by atoms with E-state index < -0.39 is 0 Å². The number of hydrogen-bond acceptors (Lipinski definition) is 3. The SMILES string of the molecule is CCC(=O)NC[C@H]1[C@@H](c2ccc(-c3cccc(F)c3)cc2)[C@H](CO)N1C(=O)CC. The second kappa shape index (κ2) is 9.18. The highest BCUT2D eigenvalue weighted by Crippen LogP contribution is 2.41. The van der Waals surface area contributed by atoms with Gasteiger partial charge in [-0.3, -0.25) is 9.59 Å². The Hall–Kier alpha value is -2.73. The zero-order valence-corrected chi connectivity index (χ0v) is 16.8. The molecule has 154 valence electrons. The van der Waals surface area contributed by atoms with Crippen LogP contribution in [0.5, 0.6) is 0 Å². The fourth-order valence-electron chi connectivity index (χ4n) is 4.08. The quantitative estimate of drug-likeness (QED) is 0.753. The minimum atomic E-state index is -0.314. The lowest BCUT2D eigenvalue weighted by atomic mass is 9.74. The Balaban J connectivity index is 1.85. The number of halogens is 1. The van der Waals surface area contributed by atoms with Gasteiger partial charge in [-0.25, -0.2) is 4.39 Å². The lowest BCUT2D eigenvalue weighted by Crippen LogP contribution is -2.68. The highest BCUT2D eigenvalue weighted by atomic mass is 19.1. The molecule has 1 saturated heterocycles. The van der Waals surface area contributed by atoms with Crippen LogP contribution >= 0.6 is 0 Å². The molecule has 2 N–H and O–H groups in total. The van der Waals surface area contributed by atoms with Gasteiger partial charge in [0, 0.05) is 25.3 Å². The highest BCUT2D eigenvalue weighted by Gasteiger charge is 2.50. The molecule has 3 rings (SSSR count). The average molecular weight is 398 g/mol. The number of hydrogen-bond donors (Lipinski definition) is 2. The summed E-state index contributed by atoms with van der Waals surface area (Å²) >= 11 is 0. The van der Waals surface area contributed by atoms with Crippen molar-refractivity contribution in [1.82, 2.24) is 10.2 Å². The van der Waals surface area contributed by atoms with Gasteiger partial charge in [0.25, 0.3) is 0 Å². The molecule has 1 aliphatic rings. The van der Waals surface area contributed by atoms with E-state index in [1.54, 1.807) is 24.8 Å². The maximum atomic E-state index is 13.5. The van der Waals surface area contributed by atoms with Gasteiger partial charge in [0.2, 0.25) is 11.8 Å². The molecule has 3 atom stereocenters. The van der Waals surface area contributed by atoms with Gasteiger partial charge in [-0.15, -0.1) is 0 Å². The standard InChI is InChI=1S/C23H27FN2O3/c1-3-21(28)25-13-19-23(20(14-27)26(19)22(29)4-2)16-10-8-15(9-11-16)17-6-5-7-18(24)12-17/h5-12,19-20,23,27H,3-4,13-14H2,1-2H3,(H,25,28)/t19-,20-,23+/m0/s1. The molecule has 2 aromatic carbocycles. The average Bonchev–Trinajstić information content (AvgIpc) is 2.73. The number of nitrogens with zero attached hydrogens (tertiary/aromatic N) is 1. The summed E-state index contributed by atoms with van der Waals surface area (Å²) in [5.41, 5.74) is 2.67. The van der Waals surface area contributed by atoms with Crippen molar-refractivity contribution < 1.29 is 19.1 Å². The molecule has 6 heteroatoms. The second-order valence-electron chi connectivity index (χ2n) is 7.29. The molecule has 0 radical (unpaired) electrons. The number of aliphatic hydroxyl groups excluding tert-OH is 1. The number of carbonyl (C=O) groups is 2. The third kappa shape index (κ3) is 4.32. The van der Waals surface area contributed by atoms with Gasteiger partial charge in [0.15, 0.2) is 0 Å². The monoisotopic (exact) mass is 398 g/mol. The van der Waals surface area contributed by atoms with E-state index >= 15 is 0 Å². The molecule has 0 saturated carbocycles. The smallest absolute Gasteiger partial charge is 0.222 e. The van der Waals surface area contributed by atoms with Gasteiger partial charge in [-0.2, -0.15) is 0 Å². The third-order valence-corrected chi connectivity index (χ3v) is 5.60. The summed E-state index contributed by atoms with van der Waals surface area (Å²) < 4.78 is 13.5. The van der Waals surface area contributed by atoms with Gasteiger partial charge < -0.3 is 15.3 Å². The van der Waals surface area contributed by atoms with Gasteiger partial charge in [-0.05, 0) is 28.8 Å². The maximum absolute atomic E-state index is 13.5. The van der Waals surface area contributed by atoms with E-state index in [1.165, 1.54) is 12.1 Å². The number of aliphatic hydroxyl groups is 1. The van der Waals surface area contributed by atoms with Crippen LogP contribution in [0.1, 0.15) is 38.2 Å². The van der Waals surface area contributed by atoms with E-state index in [1.807, 2.05) is 30.3 Å². The Morgan fingerprint density at radius 2 is 1.76 bits per heavy atom. The van der Waals surface area contributed by atoms with Crippen molar-refractivity contribution >= 4 is 11.8 Å². The van der Waals surface area contributed by atoms with Gasteiger partial charge >= 0.3 is 0 Å². The fraction of sp³-hybridized carbons (Fsp3) is 0.391. The predicted molar refractivity (Wildman–Crippen MR) is 110 cm³/mol. The first-order valence-electron chi connectivity index (χ1n) is 10.0. The van der Waals surface area contributed by atoms with Crippen molar-refractivity contribution in [3.8, 4) is 11.1 Å². The van der Waals surface area contributed by atoms with E-state index in [2.05, 4.69) is 5.32 Å². The van der Waals surface area contributed by atoms with Gasteiger partial charge in [0.05, 0.1) is 18.7 Å². The summed E-state index contributed by atoms with van der Waals surface area (Å²) in [6.07, 6.45) is 0.727. The van der Waals surface area contributed by atoms with Crippen molar-refractivity contribution in [2.75, 3.05) is 13.2 Å². The molecular formula is C23H27FN2O3. The van der Waals surface area contributed by atoms with Crippen LogP contribution in [0.4, 0.5) is 4.39 Å². The molecule has 1 heterocycles. The summed E-state index contributed by atoms with van der Waals surface area (Å²) in [6, 6.07) is 13.7. The predicted octanol–water partition coefficient (Wildman–Crippen LogP) is 3.08. The largest absolute Gasteiger partial charge is 0.394 e. The Kier molecular flexibility index (Phi) is 6.64. The molecule has 29 heavy (non-hydrogen) atoms. The van der Waals surface area contributed by atoms with Crippen molar-refractivity contribution in [3.63, 3.8) is 0 Å². The minimum Gasteiger partial charge on any atom is -0.394 e. The first-order valence-corrected chi connectivity index (χ1v) is 10.0. The van der Waals surface area contributed by atoms with Gasteiger partial charge in [-0.1, -0.05) is 50.2 Å². The summed E-state index contributed by atoms with van der Waals surface area (Å²) in [4.78, 5) is 25.8. The minimum absolute atomic E-state index is 0.0348. The van der Waals surface area contributed by atoms with E-state index in [4.69, 9.17) is 0 Å².